The molecule has 2 N–H and O–H groups in total. The van der Waals surface area contributed by atoms with E-state index in [4.69, 9.17) is 5.73 Å². The molecule has 1 aromatic heterocycles. The van der Waals surface area contributed by atoms with Gasteiger partial charge in [-0.1, -0.05) is 0 Å². The number of rotatable bonds is 2. The normalized spacial score (nSPS) is 10.1. The average Bonchev–Trinajstić information content (AvgIpc) is 1.97. The molecule has 60 valence electrons. The van der Waals surface area contributed by atoms with E-state index >= 15 is 0 Å². The molecule has 2 heteroatoms. The van der Waals surface area contributed by atoms with Gasteiger partial charge >= 0.3 is 0 Å². The predicted octanol–water partition coefficient (Wildman–Crippen LogP) is 1.20. The average molecular weight is 150 g/mol. The van der Waals surface area contributed by atoms with Gasteiger partial charge in [0.25, 0.3) is 0 Å². The molecule has 2 nitrogen and oxygen atoms in total. The smallest absolute Gasteiger partial charge is 0.0407 e. The quantitative estimate of drug-likeness (QED) is 0.688. The first kappa shape index (κ1) is 8.21. The van der Waals surface area contributed by atoms with Gasteiger partial charge < -0.3 is 5.73 Å². The zero-order valence-corrected chi connectivity index (χ0v) is 7.09. The van der Waals surface area contributed by atoms with Crippen LogP contribution in [0, 0.1) is 13.8 Å². The molecular weight excluding hydrogens is 136 g/mol. The summed E-state index contributed by atoms with van der Waals surface area (Å²) in [5.41, 5.74) is 9.17. The Bertz CT molecular complexity index is 223. The van der Waals surface area contributed by atoms with Gasteiger partial charge in [-0.2, -0.15) is 0 Å². The first-order valence-electron chi connectivity index (χ1n) is 3.87. The number of aryl methyl sites for hydroxylation is 2. The van der Waals surface area contributed by atoms with Crippen molar-refractivity contribution in [2.45, 2.75) is 20.3 Å². The first-order valence-corrected chi connectivity index (χ1v) is 3.87. The van der Waals surface area contributed by atoms with E-state index in [1.165, 1.54) is 11.1 Å². The van der Waals surface area contributed by atoms with Gasteiger partial charge in [-0.25, -0.2) is 0 Å². The highest BCUT2D eigenvalue weighted by atomic mass is 14.7. The summed E-state index contributed by atoms with van der Waals surface area (Å²) in [5, 5.41) is 0. The second kappa shape index (κ2) is 3.49. The third-order valence-corrected chi connectivity index (χ3v) is 1.90. The predicted molar refractivity (Wildman–Crippen MR) is 46.5 cm³/mol. The van der Waals surface area contributed by atoms with Crippen LogP contribution in [0.1, 0.15) is 16.8 Å². The molecule has 0 aromatic carbocycles. The van der Waals surface area contributed by atoms with Gasteiger partial charge in [0.15, 0.2) is 0 Å². The van der Waals surface area contributed by atoms with Gasteiger partial charge in [0.2, 0.25) is 0 Å². The van der Waals surface area contributed by atoms with Crippen LogP contribution in [0.5, 0.6) is 0 Å². The van der Waals surface area contributed by atoms with Crippen LogP contribution in [0.4, 0.5) is 0 Å². The summed E-state index contributed by atoms with van der Waals surface area (Å²) >= 11 is 0. The third-order valence-electron chi connectivity index (χ3n) is 1.90. The van der Waals surface area contributed by atoms with Crippen molar-refractivity contribution in [3.63, 3.8) is 0 Å². The van der Waals surface area contributed by atoms with Crippen LogP contribution in [0.25, 0.3) is 0 Å². The maximum absolute atomic E-state index is 5.47. The standard InChI is InChI=1S/C9H14N2/c1-7-4-6-11-8(2)9(7)3-5-10/h4,6H,3,5,10H2,1-2H3. The lowest BCUT2D eigenvalue weighted by molar-refractivity contribution is 0.926. The van der Waals surface area contributed by atoms with Crippen molar-refractivity contribution in [1.29, 1.82) is 0 Å². The molecule has 0 bridgehead atoms. The molecule has 0 saturated heterocycles. The molecule has 0 saturated carbocycles. The molecule has 0 atom stereocenters. The minimum atomic E-state index is 0.702. The summed E-state index contributed by atoms with van der Waals surface area (Å²) < 4.78 is 0. The molecular formula is C9H14N2. The summed E-state index contributed by atoms with van der Waals surface area (Å²) in [4.78, 5) is 4.20. The Morgan fingerprint density at radius 1 is 1.45 bits per heavy atom. The van der Waals surface area contributed by atoms with Crippen LogP contribution in [0.2, 0.25) is 0 Å². The minimum Gasteiger partial charge on any atom is -0.330 e. The fraction of sp³-hybridized carbons (Fsp3) is 0.444. The largest absolute Gasteiger partial charge is 0.330 e. The summed E-state index contributed by atoms with van der Waals surface area (Å²) in [5.74, 6) is 0. The topological polar surface area (TPSA) is 38.9 Å². The molecule has 1 rings (SSSR count). The first-order chi connectivity index (χ1) is 5.25. The van der Waals surface area contributed by atoms with E-state index in [-0.39, 0.29) is 0 Å². The van der Waals surface area contributed by atoms with Crippen LogP contribution < -0.4 is 5.73 Å². The Morgan fingerprint density at radius 3 is 2.73 bits per heavy atom. The summed E-state index contributed by atoms with van der Waals surface area (Å²) in [6.07, 6.45) is 2.77. The number of hydrogen-bond acceptors (Lipinski definition) is 2. The zero-order valence-electron chi connectivity index (χ0n) is 7.09. The Kier molecular flexibility index (Phi) is 2.60. The zero-order chi connectivity index (χ0) is 8.27. The molecule has 1 aromatic rings. The Hall–Kier alpha value is -0.890. The number of nitrogens with two attached hydrogens (primary N) is 1. The van der Waals surface area contributed by atoms with Crippen molar-refractivity contribution < 1.29 is 0 Å². The van der Waals surface area contributed by atoms with Crippen LogP contribution in [-0.4, -0.2) is 11.5 Å². The molecule has 1 heterocycles. The van der Waals surface area contributed by atoms with E-state index in [0.717, 1.165) is 12.1 Å². The fourth-order valence-corrected chi connectivity index (χ4v) is 1.25. The molecule has 0 spiro atoms. The van der Waals surface area contributed by atoms with Crippen molar-refractivity contribution in [3.05, 3.63) is 29.1 Å². The van der Waals surface area contributed by atoms with Gasteiger partial charge in [-0.15, -0.1) is 0 Å². The Morgan fingerprint density at radius 2 is 2.18 bits per heavy atom. The molecule has 11 heavy (non-hydrogen) atoms. The van der Waals surface area contributed by atoms with Crippen molar-refractivity contribution in [1.82, 2.24) is 4.98 Å². The van der Waals surface area contributed by atoms with Crippen LogP contribution in [-0.2, 0) is 6.42 Å². The molecule has 0 unspecified atom stereocenters. The third kappa shape index (κ3) is 1.77. The maximum Gasteiger partial charge on any atom is 0.0407 e. The lowest BCUT2D eigenvalue weighted by atomic mass is 10.1. The lowest BCUT2D eigenvalue weighted by Crippen LogP contribution is -2.06. The highest BCUT2D eigenvalue weighted by molar-refractivity contribution is 5.28. The second-order valence-electron chi connectivity index (χ2n) is 2.73. The molecule has 0 radical (unpaired) electrons. The summed E-state index contributed by atoms with van der Waals surface area (Å²) in [6, 6.07) is 2.03. The van der Waals surface area contributed by atoms with Crippen molar-refractivity contribution >= 4 is 0 Å². The van der Waals surface area contributed by atoms with E-state index in [1.807, 2.05) is 19.2 Å². The Labute approximate surface area is 67.5 Å². The van der Waals surface area contributed by atoms with E-state index in [9.17, 15) is 0 Å². The monoisotopic (exact) mass is 150 g/mol. The number of pyridine rings is 1. The van der Waals surface area contributed by atoms with E-state index in [1.54, 1.807) is 0 Å². The van der Waals surface area contributed by atoms with Gasteiger partial charge in [-0.3, -0.25) is 4.98 Å². The second-order valence-corrected chi connectivity index (χ2v) is 2.73. The van der Waals surface area contributed by atoms with Crippen LogP contribution >= 0.6 is 0 Å². The van der Waals surface area contributed by atoms with Crippen LogP contribution in [0.15, 0.2) is 12.3 Å². The fourth-order valence-electron chi connectivity index (χ4n) is 1.25. The highest BCUT2D eigenvalue weighted by Gasteiger charge is 2.00. The molecule has 0 aliphatic heterocycles. The number of aromatic nitrogens is 1. The van der Waals surface area contributed by atoms with Crippen molar-refractivity contribution in [2.24, 2.45) is 5.73 Å². The van der Waals surface area contributed by atoms with Gasteiger partial charge in [-0.05, 0) is 44.0 Å². The molecule has 0 aliphatic carbocycles. The van der Waals surface area contributed by atoms with Gasteiger partial charge in [0.05, 0.1) is 0 Å². The van der Waals surface area contributed by atoms with E-state index in [0.29, 0.717) is 6.54 Å². The maximum atomic E-state index is 5.47. The Balaban J connectivity index is 3.00. The van der Waals surface area contributed by atoms with E-state index < -0.39 is 0 Å². The van der Waals surface area contributed by atoms with Crippen molar-refractivity contribution in [3.8, 4) is 0 Å². The summed E-state index contributed by atoms with van der Waals surface area (Å²) in [7, 11) is 0. The van der Waals surface area contributed by atoms with Gasteiger partial charge in [0.1, 0.15) is 0 Å². The molecule has 0 aliphatic rings. The number of nitrogens with zero attached hydrogens (tertiary/aromatic N) is 1. The van der Waals surface area contributed by atoms with Crippen LogP contribution in [0.3, 0.4) is 0 Å². The highest BCUT2D eigenvalue weighted by Crippen LogP contribution is 2.10. The number of hydrogen-bond donors (Lipinski definition) is 1. The van der Waals surface area contributed by atoms with E-state index in [2.05, 4.69) is 11.9 Å². The summed E-state index contributed by atoms with van der Waals surface area (Å²) in [6.45, 7) is 4.82. The van der Waals surface area contributed by atoms with Crippen molar-refractivity contribution in [2.75, 3.05) is 6.54 Å². The lowest BCUT2D eigenvalue weighted by Gasteiger charge is -2.05. The molecule has 0 amide bonds. The molecule has 0 fully saturated rings. The minimum absolute atomic E-state index is 0.702. The van der Waals surface area contributed by atoms with Gasteiger partial charge in [0, 0.05) is 11.9 Å². The SMILES string of the molecule is Cc1ccnc(C)c1CCN.